The molecule has 0 radical (unpaired) electrons. The molecule has 1 fully saturated rings. The van der Waals surface area contributed by atoms with E-state index in [1.54, 1.807) is 33.5 Å². The van der Waals surface area contributed by atoms with Crippen molar-refractivity contribution in [2.45, 2.75) is 77.9 Å². The summed E-state index contributed by atoms with van der Waals surface area (Å²) in [5, 5.41) is 9.47. The van der Waals surface area contributed by atoms with Crippen LogP contribution in [0.25, 0.3) is 11.1 Å². The number of nitrogens with one attached hydrogen (secondary N) is 3. The van der Waals surface area contributed by atoms with Crippen LogP contribution in [-0.2, 0) is 16.0 Å². The van der Waals surface area contributed by atoms with E-state index in [0.29, 0.717) is 60.3 Å². The van der Waals surface area contributed by atoms with E-state index in [2.05, 4.69) is 41.6 Å². The highest BCUT2D eigenvalue weighted by Gasteiger charge is 2.30. The van der Waals surface area contributed by atoms with Gasteiger partial charge in [-0.25, -0.2) is 0 Å². The molecule has 2 aromatic rings. The minimum Gasteiger partial charge on any atom is -0.493 e. The quantitative estimate of drug-likeness (QED) is 0.327. The predicted octanol–water partition coefficient (Wildman–Crippen LogP) is 4.29. The van der Waals surface area contributed by atoms with Crippen LogP contribution in [-0.4, -0.2) is 69.8 Å². The van der Waals surface area contributed by atoms with Gasteiger partial charge in [-0.15, -0.1) is 0 Å². The summed E-state index contributed by atoms with van der Waals surface area (Å²) in [4.78, 5) is 42.0. The largest absolute Gasteiger partial charge is 0.493 e. The maximum absolute atomic E-state index is 13.8. The molecule has 10 nitrogen and oxygen atoms in total. The smallest absolute Gasteiger partial charge is 0.242 e. The van der Waals surface area contributed by atoms with Crippen LogP contribution in [0.2, 0.25) is 0 Å². The number of likely N-dealkylation sites (tertiary alicyclic amines) is 1. The molecule has 1 saturated heterocycles. The molecule has 1 heterocycles. The molecular weight excluding hydrogens is 560 g/mol. The number of nitrogens with zero attached hydrogens (tertiary/aromatic N) is 1. The molecule has 4 rings (SSSR count). The number of aryl methyl sites for hydroxylation is 1. The summed E-state index contributed by atoms with van der Waals surface area (Å²) in [6, 6.07) is 6.44. The summed E-state index contributed by atoms with van der Waals surface area (Å²) in [6.45, 7) is 10.3. The number of hydrogen-bond acceptors (Lipinski definition) is 8. The van der Waals surface area contributed by atoms with Crippen molar-refractivity contribution in [1.82, 2.24) is 15.5 Å². The Morgan fingerprint density at radius 3 is 2.43 bits per heavy atom. The molecule has 240 valence electrons. The maximum atomic E-state index is 13.8. The van der Waals surface area contributed by atoms with E-state index in [-0.39, 0.29) is 23.2 Å². The number of anilines is 1. The van der Waals surface area contributed by atoms with Gasteiger partial charge in [-0.2, -0.15) is 0 Å². The van der Waals surface area contributed by atoms with E-state index in [0.717, 1.165) is 42.6 Å². The van der Waals surface area contributed by atoms with Crippen LogP contribution in [0, 0.1) is 5.92 Å². The normalized spacial score (nSPS) is 18.5. The standard InChI is InChI=1S/C34H48N4O6/c1-8-38-15-9-10-23(38)19-35-34(41)28(16-20(2)3)37-27-14-12-24-25(18-29(27)40)26(36-21(4)39)13-11-22-17-30(42-5)32(43-6)33(44-7)31(22)24/h12,14,17-18,20,23,26,28H,8-11,13,15-16,19H2,1-7H3,(H,35,41)(H,36,39)(H,37,40)/t23-,26+,28-/m1/s1. The average Bonchev–Trinajstić information content (AvgIpc) is 3.34. The summed E-state index contributed by atoms with van der Waals surface area (Å²) in [5.74, 6) is 1.39. The van der Waals surface area contributed by atoms with Crippen LogP contribution in [0.4, 0.5) is 5.69 Å². The second-order valence-corrected chi connectivity index (χ2v) is 12.1. The van der Waals surface area contributed by atoms with Gasteiger partial charge in [-0.05, 0) is 86.0 Å². The summed E-state index contributed by atoms with van der Waals surface area (Å²) in [7, 11) is 4.70. The van der Waals surface area contributed by atoms with E-state index < -0.39 is 12.1 Å². The van der Waals surface area contributed by atoms with Crippen molar-refractivity contribution in [1.29, 1.82) is 0 Å². The predicted molar refractivity (Wildman–Crippen MR) is 173 cm³/mol. The lowest BCUT2D eigenvalue weighted by molar-refractivity contribution is -0.122. The zero-order chi connectivity index (χ0) is 32.0. The molecule has 10 heteroatoms. The van der Waals surface area contributed by atoms with Gasteiger partial charge in [0.25, 0.3) is 0 Å². The Hall–Kier alpha value is -3.79. The first kappa shape index (κ1) is 33.1. The van der Waals surface area contributed by atoms with Gasteiger partial charge < -0.3 is 30.2 Å². The Bertz CT molecular complexity index is 1410. The average molecular weight is 609 g/mol. The molecule has 0 unspecified atom stereocenters. The van der Waals surface area contributed by atoms with Crippen LogP contribution >= 0.6 is 0 Å². The topological polar surface area (TPSA) is 118 Å². The van der Waals surface area contributed by atoms with Gasteiger partial charge in [0.05, 0.1) is 33.1 Å². The van der Waals surface area contributed by atoms with Crippen molar-refractivity contribution in [2.24, 2.45) is 5.92 Å². The number of likely N-dealkylation sites (N-methyl/N-ethyl adjacent to an activating group) is 1. The number of ether oxygens (including phenoxy) is 3. The molecule has 44 heavy (non-hydrogen) atoms. The first-order valence-corrected chi connectivity index (χ1v) is 15.7. The molecule has 3 N–H and O–H groups in total. The van der Waals surface area contributed by atoms with Gasteiger partial charge in [-0.3, -0.25) is 19.3 Å². The number of amides is 2. The highest BCUT2D eigenvalue weighted by molar-refractivity contribution is 5.86. The lowest BCUT2D eigenvalue weighted by Crippen LogP contribution is -2.46. The lowest BCUT2D eigenvalue weighted by atomic mass is 9.95. The molecule has 0 aromatic heterocycles. The van der Waals surface area contributed by atoms with E-state index in [4.69, 9.17) is 14.2 Å². The van der Waals surface area contributed by atoms with Gasteiger partial charge in [0, 0.05) is 25.1 Å². The zero-order valence-electron chi connectivity index (χ0n) is 27.2. The molecule has 2 aliphatic rings. The minimum absolute atomic E-state index is 0.117. The fourth-order valence-corrected chi connectivity index (χ4v) is 6.60. The highest BCUT2D eigenvalue weighted by Crippen LogP contribution is 2.50. The van der Waals surface area contributed by atoms with Crippen molar-refractivity contribution in [3.05, 3.63) is 45.6 Å². The minimum atomic E-state index is -0.585. The summed E-state index contributed by atoms with van der Waals surface area (Å²) in [6.07, 6.45) is 3.95. The van der Waals surface area contributed by atoms with Crippen LogP contribution in [0.1, 0.15) is 70.5 Å². The fraction of sp³-hybridized carbons (Fsp3) is 0.559. The van der Waals surface area contributed by atoms with Crippen molar-refractivity contribution in [3.8, 4) is 28.4 Å². The third-order valence-corrected chi connectivity index (χ3v) is 8.69. The van der Waals surface area contributed by atoms with Crippen LogP contribution in [0.15, 0.2) is 29.1 Å². The van der Waals surface area contributed by atoms with Crippen LogP contribution in [0.5, 0.6) is 17.2 Å². The van der Waals surface area contributed by atoms with E-state index in [1.165, 1.54) is 6.92 Å². The van der Waals surface area contributed by atoms with Gasteiger partial charge in [-0.1, -0.05) is 26.8 Å². The van der Waals surface area contributed by atoms with Crippen molar-refractivity contribution < 1.29 is 23.8 Å². The van der Waals surface area contributed by atoms with E-state index in [9.17, 15) is 14.4 Å². The van der Waals surface area contributed by atoms with Gasteiger partial charge >= 0.3 is 0 Å². The summed E-state index contributed by atoms with van der Waals surface area (Å²) < 4.78 is 17.2. The van der Waals surface area contributed by atoms with Gasteiger partial charge in [0.15, 0.2) is 11.5 Å². The molecular formula is C34H48N4O6. The highest BCUT2D eigenvalue weighted by atomic mass is 16.5. The van der Waals surface area contributed by atoms with Crippen molar-refractivity contribution >= 4 is 17.5 Å². The number of hydrogen-bond donors (Lipinski definition) is 3. The fourth-order valence-electron chi connectivity index (χ4n) is 6.60. The zero-order valence-corrected chi connectivity index (χ0v) is 27.2. The first-order chi connectivity index (χ1) is 21.1. The number of carbonyl (C=O) groups is 2. The number of carbonyl (C=O) groups excluding carboxylic acids is 2. The first-order valence-electron chi connectivity index (χ1n) is 15.7. The molecule has 3 atom stereocenters. The van der Waals surface area contributed by atoms with E-state index >= 15 is 0 Å². The van der Waals surface area contributed by atoms with Crippen molar-refractivity contribution in [3.63, 3.8) is 0 Å². The molecule has 0 spiro atoms. The second-order valence-electron chi connectivity index (χ2n) is 12.1. The Morgan fingerprint density at radius 1 is 1.05 bits per heavy atom. The number of methoxy groups -OCH3 is 3. The number of benzene rings is 1. The summed E-state index contributed by atoms with van der Waals surface area (Å²) in [5.41, 5.74) is 3.20. The Morgan fingerprint density at radius 2 is 1.80 bits per heavy atom. The molecule has 2 aromatic carbocycles. The molecule has 0 saturated carbocycles. The Balaban J connectivity index is 1.77. The summed E-state index contributed by atoms with van der Waals surface area (Å²) >= 11 is 0. The third kappa shape index (κ3) is 7.29. The maximum Gasteiger partial charge on any atom is 0.242 e. The molecule has 0 bridgehead atoms. The second kappa shape index (κ2) is 14.8. The molecule has 1 aliphatic carbocycles. The number of fused-ring (bicyclic) bond motifs is 3. The number of rotatable bonds is 12. The van der Waals surface area contributed by atoms with Crippen molar-refractivity contribution in [2.75, 3.05) is 46.3 Å². The third-order valence-electron chi connectivity index (χ3n) is 8.69. The van der Waals surface area contributed by atoms with Crippen LogP contribution in [0.3, 0.4) is 0 Å². The lowest BCUT2D eigenvalue weighted by Gasteiger charge is -2.25. The van der Waals surface area contributed by atoms with Crippen LogP contribution < -0.4 is 35.6 Å². The van der Waals surface area contributed by atoms with Gasteiger partial charge in [0.1, 0.15) is 6.04 Å². The van der Waals surface area contributed by atoms with E-state index in [1.807, 2.05) is 12.1 Å². The Labute approximate surface area is 260 Å². The van der Waals surface area contributed by atoms with Gasteiger partial charge in [0.2, 0.25) is 23.0 Å². The monoisotopic (exact) mass is 608 g/mol. The Kier molecular flexibility index (Phi) is 11.1. The molecule has 2 amide bonds. The SMILES string of the molecule is CCN1CCC[C@@H]1CNC(=O)[C@@H](CC(C)C)Nc1ccc2c(cc1=O)[C@@H](NC(C)=O)CCc1cc(OC)c(OC)c(OC)c1-2. The molecule has 1 aliphatic heterocycles.